The van der Waals surface area contributed by atoms with E-state index in [1.165, 1.54) is 64.7 Å². The zero-order valence-electron chi connectivity index (χ0n) is 12.0. The fourth-order valence-corrected chi connectivity index (χ4v) is 4.10. The van der Waals surface area contributed by atoms with E-state index in [0.29, 0.717) is 0 Å². The molecule has 3 heteroatoms. The first-order valence-corrected chi connectivity index (χ1v) is 8.01. The molecule has 2 unspecified atom stereocenters. The molecule has 0 aliphatic carbocycles. The molecular weight excluding hydrogens is 234 g/mol. The summed E-state index contributed by atoms with van der Waals surface area (Å²) in [5.74, 6) is 2.76. The molecule has 1 N–H and O–H groups in total. The first-order chi connectivity index (χ1) is 9.35. The van der Waals surface area contributed by atoms with Gasteiger partial charge in [0.05, 0.1) is 6.54 Å². The van der Waals surface area contributed by atoms with Crippen LogP contribution in [-0.4, -0.2) is 60.6 Å². The normalized spacial score (nSPS) is 34.1. The van der Waals surface area contributed by atoms with Crippen molar-refractivity contribution in [3.05, 3.63) is 0 Å². The quantitative estimate of drug-likeness (QED) is 0.773. The maximum absolute atomic E-state index is 5.38. The largest absolute Gasteiger partial charge is 0.311 e. The molecule has 0 radical (unpaired) electrons. The third-order valence-electron chi connectivity index (χ3n) is 5.19. The highest BCUT2D eigenvalue weighted by Gasteiger charge is 2.32. The summed E-state index contributed by atoms with van der Waals surface area (Å²) < 4.78 is 0. The van der Waals surface area contributed by atoms with Crippen molar-refractivity contribution in [2.75, 3.05) is 32.7 Å². The van der Waals surface area contributed by atoms with Gasteiger partial charge in [0.1, 0.15) is 0 Å². The molecule has 3 aliphatic heterocycles. The third-order valence-corrected chi connectivity index (χ3v) is 5.19. The zero-order chi connectivity index (χ0) is 13.1. The second-order valence-electron chi connectivity index (χ2n) is 6.47. The SMILES string of the molecule is C#CCN1CCC(NC2CCN3CCCC3C2)CC1. The van der Waals surface area contributed by atoms with Crippen molar-refractivity contribution in [1.29, 1.82) is 0 Å². The average molecular weight is 261 g/mol. The van der Waals surface area contributed by atoms with E-state index in [-0.39, 0.29) is 0 Å². The van der Waals surface area contributed by atoms with E-state index in [1.807, 2.05) is 0 Å². The van der Waals surface area contributed by atoms with Gasteiger partial charge in [0.25, 0.3) is 0 Å². The van der Waals surface area contributed by atoms with Crippen LogP contribution in [0.5, 0.6) is 0 Å². The van der Waals surface area contributed by atoms with Gasteiger partial charge in [-0.2, -0.15) is 0 Å². The molecule has 3 saturated heterocycles. The summed E-state index contributed by atoms with van der Waals surface area (Å²) in [6, 6.07) is 2.38. The van der Waals surface area contributed by atoms with Gasteiger partial charge in [-0.25, -0.2) is 0 Å². The molecule has 0 aromatic heterocycles. The maximum atomic E-state index is 5.38. The molecular formula is C16H27N3. The van der Waals surface area contributed by atoms with Crippen LogP contribution in [0.4, 0.5) is 0 Å². The lowest BCUT2D eigenvalue weighted by Gasteiger charge is -2.39. The molecule has 0 spiro atoms. The Labute approximate surface area is 117 Å². The van der Waals surface area contributed by atoms with Gasteiger partial charge in [-0.3, -0.25) is 4.90 Å². The van der Waals surface area contributed by atoms with Crippen LogP contribution in [0.1, 0.15) is 38.5 Å². The predicted molar refractivity (Wildman–Crippen MR) is 79.0 cm³/mol. The van der Waals surface area contributed by atoms with E-state index in [9.17, 15) is 0 Å². The van der Waals surface area contributed by atoms with Crippen LogP contribution >= 0.6 is 0 Å². The van der Waals surface area contributed by atoms with Crippen LogP contribution in [0.2, 0.25) is 0 Å². The number of fused-ring (bicyclic) bond motifs is 1. The molecule has 3 rings (SSSR count). The number of piperidine rings is 2. The highest BCUT2D eigenvalue weighted by Crippen LogP contribution is 2.27. The Morgan fingerprint density at radius 1 is 1.00 bits per heavy atom. The van der Waals surface area contributed by atoms with Crippen molar-refractivity contribution in [1.82, 2.24) is 15.1 Å². The smallest absolute Gasteiger partial charge is 0.0598 e. The van der Waals surface area contributed by atoms with Crippen LogP contribution in [-0.2, 0) is 0 Å². The monoisotopic (exact) mass is 261 g/mol. The number of nitrogens with zero attached hydrogens (tertiary/aromatic N) is 2. The number of hydrogen-bond acceptors (Lipinski definition) is 3. The third kappa shape index (κ3) is 3.31. The van der Waals surface area contributed by atoms with Gasteiger partial charge < -0.3 is 10.2 Å². The summed E-state index contributed by atoms with van der Waals surface area (Å²) in [7, 11) is 0. The summed E-state index contributed by atoms with van der Waals surface area (Å²) in [5, 5.41) is 3.93. The lowest BCUT2D eigenvalue weighted by Crippen LogP contribution is -2.51. The topological polar surface area (TPSA) is 18.5 Å². The van der Waals surface area contributed by atoms with E-state index < -0.39 is 0 Å². The Bertz CT molecular complexity index is 327. The number of terminal acetylenes is 1. The maximum Gasteiger partial charge on any atom is 0.0598 e. The zero-order valence-corrected chi connectivity index (χ0v) is 12.0. The van der Waals surface area contributed by atoms with Crippen LogP contribution in [0, 0.1) is 12.3 Å². The summed E-state index contributed by atoms with van der Waals surface area (Å²) in [4.78, 5) is 5.10. The number of nitrogens with one attached hydrogen (secondary N) is 1. The molecule has 106 valence electrons. The summed E-state index contributed by atoms with van der Waals surface area (Å²) in [5.41, 5.74) is 0. The predicted octanol–water partition coefficient (Wildman–Crippen LogP) is 1.30. The van der Waals surface area contributed by atoms with Gasteiger partial charge in [0, 0.05) is 31.2 Å². The molecule has 3 aliphatic rings. The molecule has 0 aromatic rings. The minimum absolute atomic E-state index is 0.729. The van der Waals surface area contributed by atoms with Crippen molar-refractivity contribution < 1.29 is 0 Å². The second-order valence-corrected chi connectivity index (χ2v) is 6.47. The molecule has 0 aromatic carbocycles. The lowest BCUT2D eigenvalue weighted by molar-refractivity contribution is 0.145. The molecule has 19 heavy (non-hydrogen) atoms. The average Bonchev–Trinajstić information content (AvgIpc) is 2.89. The molecule has 0 amide bonds. The van der Waals surface area contributed by atoms with Crippen molar-refractivity contribution in [2.24, 2.45) is 0 Å². The Kier molecular flexibility index (Phi) is 4.42. The first kappa shape index (κ1) is 13.4. The molecule has 3 heterocycles. The van der Waals surface area contributed by atoms with E-state index in [1.54, 1.807) is 0 Å². The number of hydrogen-bond donors (Lipinski definition) is 1. The number of rotatable bonds is 3. The van der Waals surface area contributed by atoms with Crippen molar-refractivity contribution >= 4 is 0 Å². The second kappa shape index (κ2) is 6.26. The van der Waals surface area contributed by atoms with Crippen molar-refractivity contribution in [2.45, 2.75) is 56.7 Å². The molecule has 0 bridgehead atoms. The van der Waals surface area contributed by atoms with Crippen LogP contribution < -0.4 is 5.32 Å². The van der Waals surface area contributed by atoms with Gasteiger partial charge in [-0.05, 0) is 51.6 Å². The van der Waals surface area contributed by atoms with Gasteiger partial charge in [-0.15, -0.1) is 6.42 Å². The Balaban J connectivity index is 1.41. The summed E-state index contributed by atoms with van der Waals surface area (Å²) in [6.45, 7) is 5.83. The highest BCUT2D eigenvalue weighted by atomic mass is 15.2. The number of likely N-dealkylation sites (tertiary alicyclic amines) is 1. The van der Waals surface area contributed by atoms with Gasteiger partial charge in [0.15, 0.2) is 0 Å². The van der Waals surface area contributed by atoms with Crippen LogP contribution in [0.15, 0.2) is 0 Å². The molecule has 0 saturated carbocycles. The fraction of sp³-hybridized carbons (Fsp3) is 0.875. The Morgan fingerprint density at radius 2 is 1.79 bits per heavy atom. The van der Waals surface area contributed by atoms with E-state index in [4.69, 9.17) is 6.42 Å². The summed E-state index contributed by atoms with van der Waals surface area (Å²) >= 11 is 0. The molecule has 3 fully saturated rings. The Hall–Kier alpha value is -0.560. The molecule has 2 atom stereocenters. The van der Waals surface area contributed by atoms with Gasteiger partial charge >= 0.3 is 0 Å². The minimum atomic E-state index is 0.729. The highest BCUT2D eigenvalue weighted by molar-refractivity contribution is 4.93. The lowest BCUT2D eigenvalue weighted by atomic mass is 9.95. The van der Waals surface area contributed by atoms with Gasteiger partial charge in [0.2, 0.25) is 0 Å². The van der Waals surface area contributed by atoms with Crippen molar-refractivity contribution in [3.8, 4) is 12.3 Å². The first-order valence-electron chi connectivity index (χ1n) is 8.01. The van der Waals surface area contributed by atoms with E-state index in [2.05, 4.69) is 21.0 Å². The summed E-state index contributed by atoms with van der Waals surface area (Å²) in [6.07, 6.45) is 13.5. The van der Waals surface area contributed by atoms with E-state index >= 15 is 0 Å². The van der Waals surface area contributed by atoms with E-state index in [0.717, 1.165) is 24.7 Å². The standard InChI is InChI=1S/C16H27N3/c1-2-8-18-10-5-14(6-11-18)17-15-7-12-19-9-3-4-16(19)13-15/h1,14-17H,3-13H2. The molecule has 3 nitrogen and oxygen atoms in total. The Morgan fingerprint density at radius 3 is 2.58 bits per heavy atom. The fourth-order valence-electron chi connectivity index (χ4n) is 4.10. The minimum Gasteiger partial charge on any atom is -0.311 e. The van der Waals surface area contributed by atoms with Crippen molar-refractivity contribution in [3.63, 3.8) is 0 Å². The van der Waals surface area contributed by atoms with Crippen LogP contribution in [0.25, 0.3) is 0 Å². The van der Waals surface area contributed by atoms with Gasteiger partial charge in [-0.1, -0.05) is 5.92 Å². The van der Waals surface area contributed by atoms with Crippen LogP contribution in [0.3, 0.4) is 0 Å².